The van der Waals surface area contributed by atoms with Crippen molar-refractivity contribution in [2.45, 2.75) is 26.2 Å². The van der Waals surface area contributed by atoms with Crippen LogP contribution in [0.3, 0.4) is 0 Å². The summed E-state index contributed by atoms with van der Waals surface area (Å²) in [5.41, 5.74) is 2.34. The van der Waals surface area contributed by atoms with Crippen molar-refractivity contribution in [3.63, 3.8) is 0 Å². The third-order valence-corrected chi connectivity index (χ3v) is 3.89. The molecule has 0 spiro atoms. The van der Waals surface area contributed by atoms with Gasteiger partial charge in [0.25, 0.3) is 0 Å². The highest BCUT2D eigenvalue weighted by Crippen LogP contribution is 2.20. The van der Waals surface area contributed by atoms with Crippen LogP contribution in [0.4, 0.5) is 0 Å². The summed E-state index contributed by atoms with van der Waals surface area (Å²) in [6.45, 7) is 3.37. The highest BCUT2D eigenvalue weighted by atomic mass is 16.5. The predicted octanol–water partition coefficient (Wildman–Crippen LogP) is 5.04. The molecule has 0 unspecified atom stereocenters. The fraction of sp³-hybridized carbons (Fsp3) is 0.286. The second-order valence-electron chi connectivity index (χ2n) is 5.75. The van der Waals surface area contributed by atoms with Gasteiger partial charge in [0, 0.05) is 17.6 Å². The molecule has 3 heteroatoms. The monoisotopic (exact) mass is 321 g/mol. The summed E-state index contributed by atoms with van der Waals surface area (Å²) in [4.78, 5) is 4.51. The molecule has 0 aliphatic heterocycles. The van der Waals surface area contributed by atoms with Gasteiger partial charge < -0.3 is 9.47 Å². The van der Waals surface area contributed by atoms with Gasteiger partial charge in [0.15, 0.2) is 0 Å². The van der Waals surface area contributed by atoms with Crippen LogP contribution < -0.4 is 9.47 Å². The van der Waals surface area contributed by atoms with Crippen molar-refractivity contribution in [2.75, 3.05) is 13.2 Å². The zero-order valence-electron chi connectivity index (χ0n) is 14.1. The second kappa shape index (κ2) is 8.34. The van der Waals surface area contributed by atoms with Gasteiger partial charge >= 0.3 is 0 Å². The maximum atomic E-state index is 5.81. The number of aromatic nitrogens is 1. The van der Waals surface area contributed by atoms with Crippen LogP contribution in [0.2, 0.25) is 0 Å². The first kappa shape index (κ1) is 16.3. The lowest BCUT2D eigenvalue weighted by molar-refractivity contribution is 0.300. The van der Waals surface area contributed by atoms with Crippen LogP contribution >= 0.6 is 0 Å². The summed E-state index contributed by atoms with van der Waals surface area (Å²) in [5.74, 6) is 1.73. The minimum Gasteiger partial charge on any atom is -0.494 e. The highest BCUT2D eigenvalue weighted by Gasteiger charge is 2.00. The lowest BCUT2D eigenvalue weighted by Gasteiger charge is -2.08. The number of benzene rings is 2. The molecule has 1 heterocycles. The first-order valence-corrected chi connectivity index (χ1v) is 8.54. The highest BCUT2D eigenvalue weighted by molar-refractivity contribution is 5.78. The molecule has 2 aromatic carbocycles. The van der Waals surface area contributed by atoms with Gasteiger partial charge in [-0.3, -0.25) is 4.98 Å². The molecular formula is C21H23NO2. The average molecular weight is 321 g/mol. The molecule has 0 fully saturated rings. The Morgan fingerprint density at radius 3 is 2.58 bits per heavy atom. The van der Waals surface area contributed by atoms with E-state index in [0.717, 1.165) is 42.9 Å². The molecule has 0 radical (unpaired) electrons. The maximum absolute atomic E-state index is 5.81. The largest absolute Gasteiger partial charge is 0.494 e. The lowest BCUT2D eigenvalue weighted by Crippen LogP contribution is -1.99. The van der Waals surface area contributed by atoms with Crippen LogP contribution in [0.25, 0.3) is 10.9 Å². The van der Waals surface area contributed by atoms with E-state index < -0.39 is 0 Å². The molecule has 0 atom stereocenters. The van der Waals surface area contributed by atoms with E-state index in [2.05, 4.69) is 23.2 Å². The van der Waals surface area contributed by atoms with Crippen LogP contribution in [-0.4, -0.2) is 18.2 Å². The number of pyridine rings is 1. The molecule has 0 amide bonds. The quantitative estimate of drug-likeness (QED) is 0.545. The van der Waals surface area contributed by atoms with Gasteiger partial charge in [0.05, 0.1) is 18.7 Å². The number of hydrogen-bond acceptors (Lipinski definition) is 3. The van der Waals surface area contributed by atoms with Crippen molar-refractivity contribution < 1.29 is 9.47 Å². The minimum absolute atomic E-state index is 0.670. The van der Waals surface area contributed by atoms with E-state index in [4.69, 9.17) is 9.47 Å². The number of hydrogen-bond donors (Lipinski definition) is 0. The Morgan fingerprint density at radius 2 is 1.71 bits per heavy atom. The third kappa shape index (κ3) is 4.48. The summed E-state index contributed by atoms with van der Waals surface area (Å²) >= 11 is 0. The van der Waals surface area contributed by atoms with Gasteiger partial charge in [-0.15, -0.1) is 0 Å². The van der Waals surface area contributed by atoms with Crippen molar-refractivity contribution in [3.8, 4) is 11.5 Å². The number of para-hydroxylation sites is 1. The Morgan fingerprint density at radius 1 is 0.875 bits per heavy atom. The predicted molar refractivity (Wildman–Crippen MR) is 97.8 cm³/mol. The molecule has 0 bridgehead atoms. The third-order valence-electron chi connectivity index (χ3n) is 3.89. The fourth-order valence-electron chi connectivity index (χ4n) is 2.69. The topological polar surface area (TPSA) is 31.4 Å². The van der Waals surface area contributed by atoms with Crippen LogP contribution in [0.5, 0.6) is 11.5 Å². The van der Waals surface area contributed by atoms with E-state index in [0.29, 0.717) is 6.61 Å². The number of fused-ring (bicyclic) bond motifs is 1. The molecule has 0 saturated carbocycles. The fourth-order valence-corrected chi connectivity index (χ4v) is 2.69. The van der Waals surface area contributed by atoms with Crippen LogP contribution in [0.15, 0.2) is 60.8 Å². The lowest BCUT2D eigenvalue weighted by atomic mass is 10.1. The number of nitrogens with zero attached hydrogens (tertiary/aromatic N) is 1. The Labute approximate surface area is 143 Å². The summed E-state index contributed by atoms with van der Waals surface area (Å²) < 4.78 is 11.3. The Bertz CT molecular complexity index is 785. The molecule has 0 aliphatic rings. The van der Waals surface area contributed by atoms with Crippen LogP contribution in [0, 0.1) is 0 Å². The van der Waals surface area contributed by atoms with E-state index in [1.54, 1.807) is 0 Å². The van der Waals surface area contributed by atoms with Crippen molar-refractivity contribution in [2.24, 2.45) is 0 Å². The standard InChI is InChI=1S/C21H23NO2/c1-2-23-19-10-7-11-20(15-19)24-13-6-5-8-17-14-18-9-3-4-12-21(18)22-16-17/h3-4,7,9-12,14-16H,2,5-6,8,13H2,1H3. The van der Waals surface area contributed by atoms with E-state index in [-0.39, 0.29) is 0 Å². The summed E-state index contributed by atoms with van der Waals surface area (Å²) in [5, 5.41) is 1.21. The van der Waals surface area contributed by atoms with Crippen molar-refractivity contribution in [1.29, 1.82) is 0 Å². The SMILES string of the molecule is CCOc1cccc(OCCCCc2cnc3ccccc3c2)c1. The Kier molecular flexibility index (Phi) is 5.67. The summed E-state index contributed by atoms with van der Waals surface area (Å²) in [6.07, 6.45) is 5.12. The van der Waals surface area contributed by atoms with E-state index in [1.165, 1.54) is 10.9 Å². The van der Waals surface area contributed by atoms with Gasteiger partial charge in [-0.25, -0.2) is 0 Å². The average Bonchev–Trinajstić information content (AvgIpc) is 2.62. The number of ether oxygens (including phenoxy) is 2. The molecule has 0 aliphatic carbocycles. The van der Waals surface area contributed by atoms with Gasteiger partial charge in [0.2, 0.25) is 0 Å². The van der Waals surface area contributed by atoms with E-state index in [9.17, 15) is 0 Å². The Hall–Kier alpha value is -2.55. The first-order valence-electron chi connectivity index (χ1n) is 8.54. The smallest absolute Gasteiger partial charge is 0.122 e. The molecule has 1 aromatic heterocycles. The van der Waals surface area contributed by atoms with Crippen molar-refractivity contribution in [1.82, 2.24) is 4.98 Å². The second-order valence-corrected chi connectivity index (χ2v) is 5.75. The number of rotatable bonds is 8. The molecule has 0 saturated heterocycles. The van der Waals surface area contributed by atoms with Gasteiger partial charge in [-0.1, -0.05) is 24.3 Å². The number of unbranched alkanes of at least 4 members (excludes halogenated alkanes) is 1. The zero-order valence-corrected chi connectivity index (χ0v) is 14.1. The Balaban J connectivity index is 1.44. The van der Waals surface area contributed by atoms with Crippen LogP contribution in [0.1, 0.15) is 25.3 Å². The molecule has 124 valence electrons. The number of aryl methyl sites for hydroxylation is 1. The van der Waals surface area contributed by atoms with E-state index >= 15 is 0 Å². The van der Waals surface area contributed by atoms with Crippen molar-refractivity contribution in [3.05, 3.63) is 66.4 Å². The van der Waals surface area contributed by atoms with E-state index in [1.807, 2.05) is 49.5 Å². The molecule has 0 N–H and O–H groups in total. The zero-order chi connectivity index (χ0) is 16.6. The van der Waals surface area contributed by atoms with Gasteiger partial charge in [-0.2, -0.15) is 0 Å². The maximum Gasteiger partial charge on any atom is 0.122 e. The molecule has 3 rings (SSSR count). The summed E-state index contributed by atoms with van der Waals surface area (Å²) in [6, 6.07) is 18.3. The van der Waals surface area contributed by atoms with Gasteiger partial charge in [-0.05, 0) is 56.0 Å². The normalized spacial score (nSPS) is 10.7. The first-order chi connectivity index (χ1) is 11.8. The summed E-state index contributed by atoms with van der Waals surface area (Å²) in [7, 11) is 0. The molecular weight excluding hydrogens is 298 g/mol. The molecule has 3 aromatic rings. The minimum atomic E-state index is 0.670. The van der Waals surface area contributed by atoms with Crippen LogP contribution in [-0.2, 0) is 6.42 Å². The van der Waals surface area contributed by atoms with Crippen molar-refractivity contribution >= 4 is 10.9 Å². The molecule has 3 nitrogen and oxygen atoms in total. The van der Waals surface area contributed by atoms with Gasteiger partial charge in [0.1, 0.15) is 11.5 Å². The molecule has 24 heavy (non-hydrogen) atoms.